The molecule has 0 radical (unpaired) electrons. The summed E-state index contributed by atoms with van der Waals surface area (Å²) in [5, 5.41) is 3.98. The molecule has 5 heteroatoms. The average molecular weight is 235 g/mol. The summed E-state index contributed by atoms with van der Waals surface area (Å²) in [5.74, 6) is 1.92. The molecule has 0 fully saturated rings. The molecular weight excluding hydrogens is 218 g/mol. The second-order valence-corrected chi connectivity index (χ2v) is 4.43. The van der Waals surface area contributed by atoms with E-state index in [-0.39, 0.29) is 5.41 Å². The normalized spacial score (nSPS) is 14.8. The van der Waals surface area contributed by atoms with E-state index < -0.39 is 0 Å². The van der Waals surface area contributed by atoms with E-state index in [1.807, 2.05) is 19.9 Å². The molecule has 17 heavy (non-hydrogen) atoms. The van der Waals surface area contributed by atoms with Crippen LogP contribution in [0.15, 0.2) is 21.3 Å². The van der Waals surface area contributed by atoms with Crippen molar-refractivity contribution in [3.8, 4) is 11.4 Å². The lowest BCUT2D eigenvalue weighted by atomic mass is 9.88. The van der Waals surface area contributed by atoms with Gasteiger partial charge in [0.25, 0.3) is 0 Å². The van der Waals surface area contributed by atoms with Gasteiger partial charge in [0.05, 0.1) is 17.2 Å². The van der Waals surface area contributed by atoms with Gasteiger partial charge in [0.15, 0.2) is 0 Å². The molecule has 0 aromatic carbocycles. The number of nitrogens with zero attached hydrogens (tertiary/aromatic N) is 2. The van der Waals surface area contributed by atoms with Gasteiger partial charge in [0, 0.05) is 6.54 Å². The monoisotopic (exact) mass is 235 g/mol. The van der Waals surface area contributed by atoms with Crippen LogP contribution in [-0.4, -0.2) is 16.7 Å². The van der Waals surface area contributed by atoms with Gasteiger partial charge in [0.1, 0.15) is 5.76 Å². The highest BCUT2D eigenvalue weighted by atomic mass is 16.5. The number of rotatable bonds is 4. The Bertz CT molecular complexity index is 497. The summed E-state index contributed by atoms with van der Waals surface area (Å²) >= 11 is 0. The Kier molecular flexibility index (Phi) is 3.02. The van der Waals surface area contributed by atoms with Gasteiger partial charge in [-0.2, -0.15) is 4.98 Å². The zero-order valence-corrected chi connectivity index (χ0v) is 10.4. The maximum atomic E-state index is 5.76. The predicted molar refractivity (Wildman–Crippen MR) is 63.4 cm³/mol. The quantitative estimate of drug-likeness (QED) is 0.879. The molecule has 2 aromatic rings. The van der Waals surface area contributed by atoms with E-state index in [9.17, 15) is 0 Å². The van der Waals surface area contributed by atoms with E-state index in [1.165, 1.54) is 0 Å². The fourth-order valence-electron chi connectivity index (χ4n) is 1.58. The molecule has 0 saturated carbocycles. The van der Waals surface area contributed by atoms with Crippen molar-refractivity contribution in [3.63, 3.8) is 0 Å². The summed E-state index contributed by atoms with van der Waals surface area (Å²) in [6.07, 6.45) is 2.47. The van der Waals surface area contributed by atoms with Gasteiger partial charge in [-0.15, -0.1) is 0 Å². The lowest BCUT2D eigenvalue weighted by molar-refractivity contribution is 0.291. The predicted octanol–water partition coefficient (Wildman–Crippen LogP) is 2.26. The minimum Gasteiger partial charge on any atom is -0.469 e. The fraction of sp³-hybridized carbons (Fsp3) is 0.500. The van der Waals surface area contributed by atoms with E-state index >= 15 is 0 Å². The first-order valence-corrected chi connectivity index (χ1v) is 5.69. The second-order valence-electron chi connectivity index (χ2n) is 4.43. The van der Waals surface area contributed by atoms with Gasteiger partial charge in [0.2, 0.25) is 11.7 Å². The van der Waals surface area contributed by atoms with E-state index in [0.29, 0.717) is 18.3 Å². The fourth-order valence-corrected chi connectivity index (χ4v) is 1.58. The van der Waals surface area contributed by atoms with Crippen LogP contribution in [0, 0.1) is 6.92 Å². The van der Waals surface area contributed by atoms with E-state index in [1.54, 1.807) is 6.26 Å². The number of hydrogen-bond acceptors (Lipinski definition) is 5. The third-order valence-electron chi connectivity index (χ3n) is 3.27. The topological polar surface area (TPSA) is 78.1 Å². The first-order valence-electron chi connectivity index (χ1n) is 5.69. The van der Waals surface area contributed by atoms with Crippen LogP contribution in [-0.2, 0) is 5.41 Å². The van der Waals surface area contributed by atoms with Crippen molar-refractivity contribution >= 4 is 0 Å². The van der Waals surface area contributed by atoms with Crippen molar-refractivity contribution in [1.82, 2.24) is 10.1 Å². The first kappa shape index (κ1) is 11.9. The summed E-state index contributed by atoms with van der Waals surface area (Å²) in [6, 6.07) is 1.83. The molecule has 2 rings (SSSR count). The Labute approximate surface area is 100.0 Å². The van der Waals surface area contributed by atoms with E-state index in [2.05, 4.69) is 17.1 Å². The molecule has 0 aliphatic carbocycles. The van der Waals surface area contributed by atoms with Gasteiger partial charge in [-0.25, -0.2) is 0 Å². The van der Waals surface area contributed by atoms with Crippen molar-refractivity contribution in [1.29, 1.82) is 0 Å². The van der Waals surface area contributed by atoms with Crippen molar-refractivity contribution in [2.24, 2.45) is 5.73 Å². The summed E-state index contributed by atoms with van der Waals surface area (Å²) < 4.78 is 10.5. The Hall–Kier alpha value is -1.62. The van der Waals surface area contributed by atoms with Crippen LogP contribution < -0.4 is 5.73 Å². The molecule has 1 atom stereocenters. The van der Waals surface area contributed by atoms with Crippen LogP contribution >= 0.6 is 0 Å². The zero-order chi connectivity index (χ0) is 12.5. The minimum absolute atomic E-state index is 0.261. The molecule has 0 saturated heterocycles. The Morgan fingerprint density at radius 3 is 2.76 bits per heavy atom. The minimum atomic E-state index is -0.261. The molecular formula is C12H17N3O2. The molecule has 2 N–H and O–H groups in total. The molecule has 2 heterocycles. The lowest BCUT2D eigenvalue weighted by Crippen LogP contribution is -2.31. The van der Waals surface area contributed by atoms with Crippen LogP contribution in [0.4, 0.5) is 0 Å². The standard InChI is InChI=1S/C12H17N3O2/c1-4-12(3,7-13)11-14-10(15-17-11)9-5-6-16-8(9)2/h5-6H,4,7,13H2,1-3H3. The van der Waals surface area contributed by atoms with Crippen LogP contribution in [0.25, 0.3) is 11.4 Å². The van der Waals surface area contributed by atoms with Gasteiger partial charge in [-0.3, -0.25) is 0 Å². The molecule has 5 nitrogen and oxygen atoms in total. The Morgan fingerprint density at radius 1 is 1.47 bits per heavy atom. The molecule has 0 aliphatic rings. The number of aromatic nitrogens is 2. The zero-order valence-electron chi connectivity index (χ0n) is 10.4. The molecule has 2 aromatic heterocycles. The summed E-state index contributed by atoms with van der Waals surface area (Å²) in [4.78, 5) is 4.41. The third kappa shape index (κ3) is 1.98. The van der Waals surface area contributed by atoms with Gasteiger partial charge in [-0.1, -0.05) is 12.1 Å². The third-order valence-corrected chi connectivity index (χ3v) is 3.27. The number of furan rings is 1. The summed E-state index contributed by atoms with van der Waals surface area (Å²) in [5.41, 5.74) is 6.36. The highest BCUT2D eigenvalue weighted by molar-refractivity contribution is 5.56. The van der Waals surface area contributed by atoms with Crippen molar-refractivity contribution in [3.05, 3.63) is 24.0 Å². The van der Waals surface area contributed by atoms with Crippen molar-refractivity contribution in [2.75, 3.05) is 6.54 Å². The number of hydrogen-bond donors (Lipinski definition) is 1. The smallest absolute Gasteiger partial charge is 0.234 e. The van der Waals surface area contributed by atoms with Gasteiger partial charge >= 0.3 is 0 Å². The van der Waals surface area contributed by atoms with Crippen molar-refractivity contribution < 1.29 is 8.94 Å². The lowest BCUT2D eigenvalue weighted by Gasteiger charge is -2.20. The highest BCUT2D eigenvalue weighted by Gasteiger charge is 2.30. The molecule has 0 aliphatic heterocycles. The van der Waals surface area contributed by atoms with Crippen LogP contribution in [0.2, 0.25) is 0 Å². The molecule has 1 unspecified atom stereocenters. The van der Waals surface area contributed by atoms with Crippen molar-refractivity contribution in [2.45, 2.75) is 32.6 Å². The van der Waals surface area contributed by atoms with Crippen LogP contribution in [0.1, 0.15) is 31.9 Å². The van der Waals surface area contributed by atoms with Gasteiger partial charge in [-0.05, 0) is 26.3 Å². The Morgan fingerprint density at radius 2 is 2.24 bits per heavy atom. The van der Waals surface area contributed by atoms with Gasteiger partial charge < -0.3 is 14.7 Å². The van der Waals surface area contributed by atoms with E-state index in [0.717, 1.165) is 17.7 Å². The summed E-state index contributed by atoms with van der Waals surface area (Å²) in [7, 11) is 0. The van der Waals surface area contributed by atoms with Crippen LogP contribution in [0.3, 0.4) is 0 Å². The summed E-state index contributed by atoms with van der Waals surface area (Å²) in [6.45, 7) is 6.43. The molecule has 0 spiro atoms. The molecule has 92 valence electrons. The molecule has 0 bridgehead atoms. The Balaban J connectivity index is 2.37. The maximum Gasteiger partial charge on any atom is 0.234 e. The molecule has 0 amide bonds. The highest BCUT2D eigenvalue weighted by Crippen LogP contribution is 2.28. The average Bonchev–Trinajstić information content (AvgIpc) is 2.96. The second kappa shape index (κ2) is 4.33. The van der Waals surface area contributed by atoms with E-state index in [4.69, 9.17) is 14.7 Å². The maximum absolute atomic E-state index is 5.76. The SMILES string of the molecule is CCC(C)(CN)c1nc(-c2ccoc2C)no1. The van der Waals surface area contributed by atoms with Crippen LogP contribution in [0.5, 0.6) is 0 Å². The number of aryl methyl sites for hydroxylation is 1. The first-order chi connectivity index (χ1) is 8.10. The number of nitrogens with two attached hydrogens (primary N) is 1. The largest absolute Gasteiger partial charge is 0.469 e.